The Balaban J connectivity index is 1.43. The molecule has 3 heterocycles. The Morgan fingerprint density at radius 2 is 1.76 bits per heavy atom. The molecule has 12 nitrogen and oxygen atoms in total. The highest BCUT2D eigenvalue weighted by atomic mass is 32.2. The van der Waals surface area contributed by atoms with Gasteiger partial charge in [0.05, 0.1) is 30.3 Å². The third-order valence-electron chi connectivity index (χ3n) is 7.71. The highest BCUT2D eigenvalue weighted by molar-refractivity contribution is 7.92. The number of nitrogens with one attached hydrogen (secondary N) is 2. The maximum atomic E-state index is 13.7. The van der Waals surface area contributed by atoms with E-state index >= 15 is 0 Å². The molecule has 2 aromatic carbocycles. The maximum Gasteiger partial charge on any atom is 0.319 e. The van der Waals surface area contributed by atoms with Crippen LogP contribution in [-0.2, 0) is 22.5 Å². The predicted molar refractivity (Wildman–Crippen MR) is 174 cm³/mol. The number of benzene rings is 2. The summed E-state index contributed by atoms with van der Waals surface area (Å²) in [7, 11) is 1.68. The molecule has 0 radical (unpaired) electrons. The smallest absolute Gasteiger partial charge is 0.319 e. The largest absolute Gasteiger partial charge is 0.492 e. The number of para-hydroxylation sites is 1. The van der Waals surface area contributed by atoms with Crippen LogP contribution in [0, 0.1) is 0 Å². The molecular weight excluding hydrogens is 596 g/mol. The number of likely N-dealkylation sites (tertiary alicyclic amines) is 1. The van der Waals surface area contributed by atoms with Gasteiger partial charge in [-0.25, -0.2) is 13.4 Å². The van der Waals surface area contributed by atoms with E-state index in [1.807, 2.05) is 39.0 Å². The number of nitrogens with zero attached hydrogens (tertiary/aromatic N) is 4. The lowest BCUT2D eigenvalue weighted by Crippen LogP contribution is -2.35. The van der Waals surface area contributed by atoms with Gasteiger partial charge >= 0.3 is 6.01 Å². The van der Waals surface area contributed by atoms with Crippen molar-refractivity contribution in [2.24, 2.45) is 7.05 Å². The van der Waals surface area contributed by atoms with Gasteiger partial charge in [-0.2, -0.15) is 4.98 Å². The maximum absolute atomic E-state index is 13.7. The van der Waals surface area contributed by atoms with Gasteiger partial charge in [0, 0.05) is 37.8 Å². The molecule has 13 heteroatoms. The van der Waals surface area contributed by atoms with Crippen LogP contribution >= 0.6 is 0 Å². The second kappa shape index (κ2) is 12.6. The first kappa shape index (κ1) is 32.0. The van der Waals surface area contributed by atoms with Crippen molar-refractivity contribution in [3.63, 3.8) is 0 Å². The van der Waals surface area contributed by atoms with Gasteiger partial charge in [0.15, 0.2) is 11.5 Å². The monoisotopic (exact) mass is 636 g/mol. The van der Waals surface area contributed by atoms with Gasteiger partial charge in [-0.1, -0.05) is 32.9 Å². The summed E-state index contributed by atoms with van der Waals surface area (Å²) in [6, 6.07) is 12.7. The summed E-state index contributed by atoms with van der Waals surface area (Å²) in [5.74, 6) is 0.615. The van der Waals surface area contributed by atoms with Gasteiger partial charge in [-0.05, 0) is 55.1 Å². The van der Waals surface area contributed by atoms with Crippen molar-refractivity contribution in [2.45, 2.75) is 45.1 Å². The standard InChI is InChI=1S/C32H40N6O6S/c1-32(2,3)21-18-23(29(42-6)24(19-21)36-45(7,40)41)34-30(39)25-17-20-9-8-10-26(28(20)38(25)5)44-27-11-14-33-31(35-27)43-22-12-15-37(4)16-13-22/h8-11,14,17-19,22,36H,12-13,15-16H2,1-7H3,(H,34,39). The highest BCUT2D eigenvalue weighted by Gasteiger charge is 2.24. The fourth-order valence-electron chi connectivity index (χ4n) is 5.32. The van der Waals surface area contributed by atoms with E-state index in [1.165, 1.54) is 7.11 Å². The number of amides is 1. The van der Waals surface area contributed by atoms with Crippen LogP contribution in [0.15, 0.2) is 48.7 Å². The highest BCUT2D eigenvalue weighted by Crippen LogP contribution is 2.40. The van der Waals surface area contributed by atoms with E-state index in [9.17, 15) is 13.2 Å². The van der Waals surface area contributed by atoms with Crippen LogP contribution in [0.4, 0.5) is 11.4 Å². The zero-order valence-corrected chi connectivity index (χ0v) is 27.5. The third-order valence-corrected chi connectivity index (χ3v) is 8.31. The molecule has 1 aliphatic rings. The molecular formula is C32H40N6O6S. The van der Waals surface area contributed by atoms with Crippen LogP contribution in [0.25, 0.3) is 10.9 Å². The van der Waals surface area contributed by atoms with Gasteiger partial charge in [-0.3, -0.25) is 9.52 Å². The van der Waals surface area contributed by atoms with Crippen LogP contribution in [0.1, 0.15) is 49.7 Å². The second-order valence-corrected chi connectivity index (χ2v) is 14.1. The number of anilines is 2. The fourth-order valence-corrected chi connectivity index (χ4v) is 5.87. The summed E-state index contributed by atoms with van der Waals surface area (Å²) in [4.78, 5) is 24.8. The Morgan fingerprint density at radius 1 is 1.04 bits per heavy atom. The van der Waals surface area contributed by atoms with Crippen LogP contribution in [-0.4, -0.2) is 73.4 Å². The molecule has 0 bridgehead atoms. The summed E-state index contributed by atoms with van der Waals surface area (Å²) in [6.07, 6.45) is 4.52. The Hall–Kier alpha value is -4.36. The number of rotatable bonds is 9. The Labute approximate surface area is 263 Å². The van der Waals surface area contributed by atoms with Crippen molar-refractivity contribution in [1.29, 1.82) is 0 Å². The van der Waals surface area contributed by atoms with E-state index in [-0.39, 0.29) is 29.0 Å². The number of ether oxygens (including phenoxy) is 3. The Kier molecular flexibility index (Phi) is 8.95. The second-order valence-electron chi connectivity index (χ2n) is 12.4. The molecule has 0 saturated carbocycles. The first-order chi connectivity index (χ1) is 21.2. The summed E-state index contributed by atoms with van der Waals surface area (Å²) in [6.45, 7) is 7.91. The molecule has 2 aromatic heterocycles. The molecule has 0 spiro atoms. The van der Waals surface area contributed by atoms with E-state index in [0.717, 1.165) is 43.1 Å². The van der Waals surface area contributed by atoms with Crippen molar-refractivity contribution < 1.29 is 27.4 Å². The molecule has 0 aliphatic carbocycles. The van der Waals surface area contributed by atoms with Gasteiger partial charge < -0.3 is 29.0 Å². The van der Waals surface area contributed by atoms with Crippen molar-refractivity contribution in [2.75, 3.05) is 43.5 Å². The molecule has 45 heavy (non-hydrogen) atoms. The number of methoxy groups -OCH3 is 1. The van der Waals surface area contributed by atoms with E-state index in [1.54, 1.807) is 42.1 Å². The molecule has 1 aliphatic heterocycles. The first-order valence-electron chi connectivity index (χ1n) is 14.7. The number of piperidine rings is 1. The van der Waals surface area contributed by atoms with Gasteiger partial charge in [0.2, 0.25) is 15.9 Å². The lowest BCUT2D eigenvalue weighted by Gasteiger charge is -2.28. The number of carbonyl (C=O) groups is 1. The number of aromatic nitrogens is 3. The minimum absolute atomic E-state index is 0.0507. The SMILES string of the molecule is COc1c(NC(=O)c2cc3cccc(Oc4ccnc(OC5CCN(C)CC5)n4)c3n2C)cc(C(C)(C)C)cc1NS(C)(=O)=O. The quantitative estimate of drug-likeness (QED) is 0.255. The lowest BCUT2D eigenvalue weighted by molar-refractivity contribution is 0.101. The third kappa shape index (κ3) is 7.48. The number of aryl methyl sites for hydroxylation is 1. The predicted octanol–water partition coefficient (Wildman–Crippen LogP) is 5.16. The van der Waals surface area contributed by atoms with Crippen LogP contribution in [0.3, 0.4) is 0 Å². The molecule has 5 rings (SSSR count). The van der Waals surface area contributed by atoms with Gasteiger partial charge in [-0.15, -0.1) is 0 Å². The van der Waals surface area contributed by atoms with Crippen LogP contribution in [0.2, 0.25) is 0 Å². The first-order valence-corrected chi connectivity index (χ1v) is 16.6. The average molecular weight is 637 g/mol. The fraction of sp³-hybridized carbons (Fsp3) is 0.406. The van der Waals surface area contributed by atoms with Crippen molar-refractivity contribution in [1.82, 2.24) is 19.4 Å². The Morgan fingerprint density at radius 3 is 2.42 bits per heavy atom. The number of sulfonamides is 1. The summed E-state index contributed by atoms with van der Waals surface area (Å²) in [5, 5.41) is 3.72. The summed E-state index contributed by atoms with van der Waals surface area (Å²) in [5.41, 5.74) is 2.08. The number of fused-ring (bicyclic) bond motifs is 1. The molecule has 2 N–H and O–H groups in total. The van der Waals surface area contributed by atoms with E-state index < -0.39 is 15.9 Å². The molecule has 0 unspecified atom stereocenters. The van der Waals surface area contributed by atoms with Crippen molar-refractivity contribution >= 4 is 38.2 Å². The number of hydrogen-bond acceptors (Lipinski definition) is 9. The molecule has 4 aromatic rings. The van der Waals surface area contributed by atoms with Gasteiger partial charge in [0.1, 0.15) is 11.8 Å². The van der Waals surface area contributed by atoms with Gasteiger partial charge in [0.25, 0.3) is 5.91 Å². The Bertz CT molecular complexity index is 1820. The number of carbonyl (C=O) groups excluding carboxylic acids is 1. The number of hydrogen-bond donors (Lipinski definition) is 2. The molecule has 1 saturated heterocycles. The average Bonchev–Trinajstić information content (AvgIpc) is 3.30. The molecule has 240 valence electrons. The summed E-state index contributed by atoms with van der Waals surface area (Å²) < 4.78 is 46.3. The van der Waals surface area contributed by atoms with Crippen LogP contribution in [0.5, 0.6) is 23.4 Å². The van der Waals surface area contributed by atoms with Crippen molar-refractivity contribution in [3.05, 3.63) is 59.9 Å². The van der Waals surface area contributed by atoms with Crippen LogP contribution < -0.4 is 24.2 Å². The van der Waals surface area contributed by atoms with E-state index in [0.29, 0.717) is 28.5 Å². The van der Waals surface area contributed by atoms with Crippen molar-refractivity contribution in [3.8, 4) is 23.4 Å². The zero-order chi connectivity index (χ0) is 32.5. The molecule has 0 atom stereocenters. The summed E-state index contributed by atoms with van der Waals surface area (Å²) >= 11 is 0. The van der Waals surface area contributed by atoms with E-state index in [2.05, 4.69) is 32.0 Å². The zero-order valence-electron chi connectivity index (χ0n) is 26.7. The minimum Gasteiger partial charge on any atom is -0.492 e. The van der Waals surface area contributed by atoms with E-state index in [4.69, 9.17) is 14.2 Å². The lowest BCUT2D eigenvalue weighted by atomic mass is 9.86. The topological polar surface area (TPSA) is 137 Å². The molecule has 1 fully saturated rings. The minimum atomic E-state index is -3.62. The normalized spacial score (nSPS) is 14.7. The molecule has 1 amide bonds.